The van der Waals surface area contributed by atoms with Gasteiger partial charge in [0.25, 0.3) is 0 Å². The first-order chi connectivity index (χ1) is 8.06. The summed E-state index contributed by atoms with van der Waals surface area (Å²) < 4.78 is 6.57. The Labute approximate surface area is 112 Å². The number of allylic oxidation sites excluding steroid dienone is 1. The molecule has 0 unspecified atom stereocenters. The Morgan fingerprint density at radius 3 is 2.56 bits per heavy atom. The Balaban J connectivity index is 2.18. The van der Waals surface area contributed by atoms with Crippen LogP contribution in [0.4, 0.5) is 0 Å². The number of rotatable bonds is 2. The minimum absolute atomic E-state index is 0.00734. The van der Waals surface area contributed by atoms with E-state index in [2.05, 4.69) is 40.8 Å². The molecule has 0 amide bonds. The molecule has 1 fully saturated rings. The van der Waals surface area contributed by atoms with E-state index in [-0.39, 0.29) is 22.3 Å². The Hall–Kier alpha value is -0.413. The van der Waals surface area contributed by atoms with Crippen LogP contribution in [0.5, 0.6) is 0 Å². The lowest BCUT2D eigenvalue weighted by atomic mass is 9.83. The molecule has 0 aromatic rings. The first-order valence-electron chi connectivity index (χ1n) is 6.98. The summed E-state index contributed by atoms with van der Waals surface area (Å²) in [5.74, 6) is 0.288. The summed E-state index contributed by atoms with van der Waals surface area (Å²) >= 11 is 0. The van der Waals surface area contributed by atoms with Crippen molar-refractivity contribution in [3.63, 3.8) is 0 Å². The van der Waals surface area contributed by atoms with Gasteiger partial charge < -0.3 is 4.43 Å². The quantitative estimate of drug-likeness (QED) is 0.704. The van der Waals surface area contributed by atoms with E-state index in [0.29, 0.717) is 6.42 Å². The smallest absolute Gasteiger partial charge is 0.192 e. The molecular formula is C15H26O2Si. The fourth-order valence-corrected chi connectivity index (χ4v) is 4.33. The second-order valence-corrected chi connectivity index (χ2v) is 12.4. The summed E-state index contributed by atoms with van der Waals surface area (Å²) in [7, 11) is -1.74. The molecule has 1 saturated carbocycles. The molecule has 2 nitrogen and oxygen atoms in total. The molecule has 2 atom stereocenters. The van der Waals surface area contributed by atoms with E-state index in [0.717, 1.165) is 12.8 Å². The standard InChI is InChI=1S/C15H26O2Si/c1-14(2,3)18(5,6)17-13-8-7-11-9-12(16)10-15(11,13)4/h9,13H,7-8,10H2,1-6H3/t13-,15+/m0/s1. The van der Waals surface area contributed by atoms with Crippen LogP contribution in [0, 0.1) is 5.41 Å². The predicted octanol–water partition coefficient (Wildman–Crippen LogP) is 4.08. The highest BCUT2D eigenvalue weighted by atomic mass is 28.4. The summed E-state index contributed by atoms with van der Waals surface area (Å²) in [4.78, 5) is 11.6. The predicted molar refractivity (Wildman–Crippen MR) is 77.1 cm³/mol. The van der Waals surface area contributed by atoms with Gasteiger partial charge >= 0.3 is 0 Å². The van der Waals surface area contributed by atoms with Gasteiger partial charge in [-0.05, 0) is 37.0 Å². The third-order valence-corrected chi connectivity index (χ3v) is 9.73. The molecule has 0 aliphatic heterocycles. The van der Waals surface area contributed by atoms with Crippen molar-refractivity contribution >= 4 is 14.1 Å². The fraction of sp³-hybridized carbons (Fsp3) is 0.800. The van der Waals surface area contributed by atoms with Crippen LogP contribution in [0.1, 0.15) is 47.0 Å². The van der Waals surface area contributed by atoms with Gasteiger partial charge in [0.2, 0.25) is 0 Å². The molecule has 2 aliphatic rings. The van der Waals surface area contributed by atoms with Crippen molar-refractivity contribution in [2.45, 2.75) is 71.2 Å². The molecule has 102 valence electrons. The Bertz CT molecular complexity index is 403. The highest BCUT2D eigenvalue weighted by Gasteiger charge is 2.51. The van der Waals surface area contributed by atoms with Crippen LogP contribution in [0.25, 0.3) is 0 Å². The number of ketones is 1. The van der Waals surface area contributed by atoms with Gasteiger partial charge in [-0.2, -0.15) is 0 Å². The van der Waals surface area contributed by atoms with E-state index >= 15 is 0 Å². The van der Waals surface area contributed by atoms with Gasteiger partial charge in [-0.15, -0.1) is 0 Å². The molecule has 0 bridgehead atoms. The Morgan fingerprint density at radius 1 is 1.39 bits per heavy atom. The van der Waals surface area contributed by atoms with Crippen molar-refractivity contribution in [1.29, 1.82) is 0 Å². The van der Waals surface area contributed by atoms with Crippen molar-refractivity contribution in [2.75, 3.05) is 0 Å². The SMILES string of the molecule is CC(C)(C)[Si](C)(C)O[C@H]1CCC2=CC(=O)C[C@]21C. The normalized spacial score (nSPS) is 32.7. The zero-order valence-electron chi connectivity index (χ0n) is 12.6. The van der Waals surface area contributed by atoms with Gasteiger partial charge in [-0.1, -0.05) is 33.3 Å². The van der Waals surface area contributed by atoms with Crippen LogP contribution in [0.15, 0.2) is 11.6 Å². The Morgan fingerprint density at radius 2 is 2.00 bits per heavy atom. The van der Waals surface area contributed by atoms with Gasteiger partial charge in [-0.3, -0.25) is 4.79 Å². The minimum atomic E-state index is -1.74. The zero-order valence-corrected chi connectivity index (χ0v) is 13.6. The highest BCUT2D eigenvalue weighted by Crippen LogP contribution is 2.52. The van der Waals surface area contributed by atoms with Crippen molar-refractivity contribution in [2.24, 2.45) is 5.41 Å². The molecule has 0 aromatic carbocycles. The van der Waals surface area contributed by atoms with Gasteiger partial charge in [0.1, 0.15) is 0 Å². The summed E-state index contributed by atoms with van der Waals surface area (Å²) in [5.41, 5.74) is 1.32. The third-order valence-electron chi connectivity index (χ3n) is 5.24. The van der Waals surface area contributed by atoms with E-state index in [1.807, 2.05) is 6.08 Å². The maximum atomic E-state index is 11.6. The molecule has 0 spiro atoms. The van der Waals surface area contributed by atoms with E-state index in [1.54, 1.807) is 0 Å². The van der Waals surface area contributed by atoms with Crippen LogP contribution in [-0.2, 0) is 9.22 Å². The van der Waals surface area contributed by atoms with Crippen LogP contribution in [0.3, 0.4) is 0 Å². The second-order valence-electron chi connectivity index (χ2n) is 7.64. The fourth-order valence-electron chi connectivity index (χ4n) is 2.89. The molecule has 3 heteroatoms. The molecule has 2 rings (SSSR count). The molecule has 0 aromatic heterocycles. The molecular weight excluding hydrogens is 240 g/mol. The van der Waals surface area contributed by atoms with Crippen LogP contribution in [0.2, 0.25) is 18.1 Å². The van der Waals surface area contributed by atoms with Crippen LogP contribution in [-0.4, -0.2) is 20.2 Å². The number of carbonyl (C=O) groups excluding carboxylic acids is 1. The molecule has 0 radical (unpaired) electrons. The second kappa shape index (κ2) is 4.04. The molecule has 0 N–H and O–H groups in total. The topological polar surface area (TPSA) is 26.3 Å². The molecule has 0 heterocycles. The number of carbonyl (C=O) groups is 1. The number of hydrogen-bond donors (Lipinski definition) is 0. The molecule has 18 heavy (non-hydrogen) atoms. The average molecular weight is 266 g/mol. The van der Waals surface area contributed by atoms with Gasteiger partial charge in [0.15, 0.2) is 14.1 Å². The first kappa shape index (κ1) is 14.0. The average Bonchev–Trinajstić information content (AvgIpc) is 2.59. The molecule has 0 saturated heterocycles. The molecule has 2 aliphatic carbocycles. The lowest BCUT2D eigenvalue weighted by molar-refractivity contribution is -0.116. The van der Waals surface area contributed by atoms with E-state index in [1.165, 1.54) is 5.57 Å². The largest absolute Gasteiger partial charge is 0.413 e. The lowest BCUT2D eigenvalue weighted by Gasteiger charge is -2.42. The van der Waals surface area contributed by atoms with Gasteiger partial charge in [-0.25, -0.2) is 0 Å². The van der Waals surface area contributed by atoms with E-state index < -0.39 is 8.32 Å². The van der Waals surface area contributed by atoms with Crippen molar-refractivity contribution < 1.29 is 9.22 Å². The summed E-state index contributed by atoms with van der Waals surface area (Å²) in [6.07, 6.45) is 4.90. The third kappa shape index (κ3) is 2.12. The minimum Gasteiger partial charge on any atom is -0.413 e. The zero-order chi connectivity index (χ0) is 13.8. The summed E-state index contributed by atoms with van der Waals surface area (Å²) in [6, 6.07) is 0. The van der Waals surface area contributed by atoms with Gasteiger partial charge in [0.05, 0.1) is 6.10 Å². The lowest BCUT2D eigenvalue weighted by Crippen LogP contribution is -2.47. The van der Waals surface area contributed by atoms with Crippen molar-refractivity contribution in [3.8, 4) is 0 Å². The monoisotopic (exact) mass is 266 g/mol. The van der Waals surface area contributed by atoms with Crippen LogP contribution >= 0.6 is 0 Å². The van der Waals surface area contributed by atoms with Gasteiger partial charge in [0, 0.05) is 11.8 Å². The van der Waals surface area contributed by atoms with Crippen molar-refractivity contribution in [1.82, 2.24) is 0 Å². The highest BCUT2D eigenvalue weighted by molar-refractivity contribution is 6.74. The number of fused-ring (bicyclic) bond motifs is 1. The summed E-state index contributed by atoms with van der Waals surface area (Å²) in [5, 5.41) is 0.235. The Kier molecular flexibility index (Phi) is 3.14. The van der Waals surface area contributed by atoms with Crippen LogP contribution < -0.4 is 0 Å². The van der Waals surface area contributed by atoms with E-state index in [9.17, 15) is 4.79 Å². The number of hydrogen-bond acceptors (Lipinski definition) is 2. The van der Waals surface area contributed by atoms with E-state index in [4.69, 9.17) is 4.43 Å². The van der Waals surface area contributed by atoms with Crippen molar-refractivity contribution in [3.05, 3.63) is 11.6 Å². The maximum absolute atomic E-state index is 11.6. The maximum Gasteiger partial charge on any atom is 0.192 e. The first-order valence-corrected chi connectivity index (χ1v) is 9.89. The summed E-state index contributed by atoms with van der Waals surface area (Å²) in [6.45, 7) is 13.6.